The van der Waals surface area contributed by atoms with Crippen LogP contribution < -0.4 is 10.00 Å². The molecule has 1 heterocycles. The molecule has 0 saturated heterocycles. The van der Waals surface area contributed by atoms with Crippen molar-refractivity contribution < 1.29 is 23.8 Å². The van der Waals surface area contributed by atoms with Gasteiger partial charge in [0.1, 0.15) is 0 Å². The number of carbonyl (C=O) groups excluding carboxylic acids is 2. The van der Waals surface area contributed by atoms with Gasteiger partial charge in [-0.1, -0.05) is 32.0 Å². The van der Waals surface area contributed by atoms with E-state index in [1.807, 2.05) is 13.8 Å². The summed E-state index contributed by atoms with van der Waals surface area (Å²) in [5, 5.41) is 16.2. The lowest BCUT2D eigenvalue weighted by Crippen LogP contribution is -2.57. The zero-order valence-corrected chi connectivity index (χ0v) is 15.8. The van der Waals surface area contributed by atoms with Crippen molar-refractivity contribution in [2.24, 2.45) is 5.92 Å². The van der Waals surface area contributed by atoms with Crippen LogP contribution in [0.15, 0.2) is 9.64 Å². The van der Waals surface area contributed by atoms with Crippen LogP contribution in [0.2, 0.25) is 0 Å². The molecule has 1 aliphatic carbocycles. The molecule has 1 aliphatic rings. The fraction of sp³-hybridized carbons (Fsp3) is 0.765. The molecule has 7 nitrogen and oxygen atoms in total. The van der Waals surface area contributed by atoms with E-state index in [-0.39, 0.29) is 29.5 Å². The lowest BCUT2D eigenvalue weighted by molar-refractivity contribution is -0.640. The number of aromatic nitrogens is 2. The molecule has 1 aromatic rings. The quantitative estimate of drug-likeness (QED) is 0.415. The van der Waals surface area contributed by atoms with Crippen molar-refractivity contribution in [1.29, 1.82) is 0 Å². The molecular weight excluding hydrogens is 342 g/mol. The Bertz CT molecular complexity index is 582. The van der Waals surface area contributed by atoms with Gasteiger partial charge in [-0.25, -0.2) is 5.32 Å². The van der Waals surface area contributed by atoms with E-state index in [0.29, 0.717) is 18.1 Å². The van der Waals surface area contributed by atoms with Crippen molar-refractivity contribution in [3.05, 3.63) is 5.89 Å². The summed E-state index contributed by atoms with van der Waals surface area (Å²) in [6.07, 6.45) is 6.35. The molecule has 0 bridgehead atoms. The molecule has 0 unspecified atom stereocenters. The summed E-state index contributed by atoms with van der Waals surface area (Å²) in [7, 11) is 0. The Hall–Kier alpha value is -1.41. The second-order valence-corrected chi connectivity index (χ2v) is 7.84. The van der Waals surface area contributed by atoms with Crippen LogP contribution in [0.1, 0.15) is 69.5 Å². The van der Waals surface area contributed by atoms with Crippen molar-refractivity contribution in [3.8, 4) is 0 Å². The summed E-state index contributed by atoms with van der Waals surface area (Å²) >= 11 is 1.18. The van der Waals surface area contributed by atoms with Gasteiger partial charge >= 0.3 is 11.9 Å². The molecule has 2 rings (SSSR count). The third kappa shape index (κ3) is 6.11. The van der Waals surface area contributed by atoms with Crippen molar-refractivity contribution in [2.45, 2.75) is 70.1 Å². The fourth-order valence-electron chi connectivity index (χ4n) is 2.79. The number of Topliss-reactive ketones (excluding diaryl/α,β-unsaturated/α-hetero) is 1. The molecule has 2 N–H and O–H groups in total. The monoisotopic (exact) mass is 370 g/mol. The molecule has 0 spiro atoms. The fourth-order valence-corrected chi connectivity index (χ4v) is 3.33. The Balaban J connectivity index is 2.13. The first-order chi connectivity index (χ1) is 12.0. The standard InChI is InChI=1S/C17H27N3O4S/c1-12(2)8-9-14(22)15-20(19-17(24-15)25-11-10-21)16(23)18-13-6-4-3-5-7-13/h12-13,21H,3-11H2,1-2H3/p+1. The van der Waals surface area contributed by atoms with E-state index in [4.69, 9.17) is 9.52 Å². The Morgan fingerprint density at radius 2 is 2.08 bits per heavy atom. The van der Waals surface area contributed by atoms with Gasteiger partial charge in [-0.15, -0.1) is 0 Å². The Morgan fingerprint density at radius 3 is 2.72 bits per heavy atom. The number of hydrogen-bond donors (Lipinski definition) is 2. The van der Waals surface area contributed by atoms with Gasteiger partial charge in [-0.3, -0.25) is 4.79 Å². The molecule has 0 atom stereocenters. The number of ketones is 1. The number of amides is 1. The van der Waals surface area contributed by atoms with E-state index in [2.05, 4.69) is 10.4 Å². The van der Waals surface area contributed by atoms with Crippen molar-refractivity contribution >= 4 is 23.6 Å². The zero-order valence-electron chi connectivity index (χ0n) is 15.0. The van der Waals surface area contributed by atoms with Crippen molar-refractivity contribution in [2.75, 3.05) is 12.4 Å². The van der Waals surface area contributed by atoms with Gasteiger partial charge in [0.15, 0.2) is 0 Å². The molecule has 0 aromatic carbocycles. The maximum Gasteiger partial charge on any atom is 0.520 e. The van der Waals surface area contributed by atoms with Gasteiger partial charge in [0.05, 0.1) is 12.6 Å². The molecule has 8 heteroatoms. The number of hydrogen-bond acceptors (Lipinski definition) is 6. The highest BCUT2D eigenvalue weighted by atomic mass is 32.2. The van der Waals surface area contributed by atoms with Crippen LogP contribution in [0.25, 0.3) is 0 Å². The van der Waals surface area contributed by atoms with Crippen molar-refractivity contribution in [1.82, 2.24) is 10.4 Å². The van der Waals surface area contributed by atoms with Crippen LogP contribution in [0.5, 0.6) is 0 Å². The van der Waals surface area contributed by atoms with Crippen LogP contribution in [0, 0.1) is 5.92 Å². The largest absolute Gasteiger partial charge is 0.520 e. The Labute approximate surface area is 152 Å². The second-order valence-electron chi connectivity index (χ2n) is 6.80. The molecule has 25 heavy (non-hydrogen) atoms. The second kappa shape index (κ2) is 9.91. The predicted molar refractivity (Wildman–Crippen MR) is 93.7 cm³/mol. The van der Waals surface area contributed by atoms with Crippen LogP contribution >= 0.6 is 11.8 Å². The minimum Gasteiger partial charge on any atom is -0.396 e. The smallest absolute Gasteiger partial charge is 0.396 e. The third-order valence-electron chi connectivity index (χ3n) is 4.19. The zero-order chi connectivity index (χ0) is 18.2. The molecule has 0 aliphatic heterocycles. The molecular formula is C17H28N3O4S+. The van der Waals surface area contributed by atoms with Gasteiger partial charge in [0.2, 0.25) is 5.78 Å². The summed E-state index contributed by atoms with van der Waals surface area (Å²) in [5.41, 5.74) is 0. The van der Waals surface area contributed by atoms with E-state index in [0.717, 1.165) is 36.8 Å². The lowest BCUT2D eigenvalue weighted by atomic mass is 9.96. The summed E-state index contributed by atoms with van der Waals surface area (Å²) in [6, 6.07) is -0.294. The van der Waals surface area contributed by atoms with Gasteiger partial charge in [-0.2, -0.15) is 4.79 Å². The SMILES string of the molecule is CC(C)CCC(=O)c1oc(SCCO)n[n+]1C(=O)NC1CCCCC1. The highest BCUT2D eigenvalue weighted by molar-refractivity contribution is 7.99. The first-order valence-electron chi connectivity index (χ1n) is 9.02. The van der Waals surface area contributed by atoms with E-state index in [9.17, 15) is 9.59 Å². The van der Waals surface area contributed by atoms with Crippen LogP contribution in [0.3, 0.4) is 0 Å². The first kappa shape index (κ1) is 19.9. The molecule has 1 amide bonds. The highest BCUT2D eigenvalue weighted by Gasteiger charge is 2.33. The maximum absolute atomic E-state index is 12.6. The average molecular weight is 370 g/mol. The lowest BCUT2D eigenvalue weighted by Gasteiger charge is -2.17. The molecule has 0 radical (unpaired) electrons. The Morgan fingerprint density at radius 1 is 1.36 bits per heavy atom. The predicted octanol–water partition coefficient (Wildman–Crippen LogP) is 2.56. The topological polar surface area (TPSA) is 96.3 Å². The van der Waals surface area contributed by atoms with Crippen molar-refractivity contribution in [3.63, 3.8) is 0 Å². The van der Waals surface area contributed by atoms with E-state index < -0.39 is 6.03 Å². The third-order valence-corrected chi connectivity index (χ3v) is 4.99. The van der Waals surface area contributed by atoms with Gasteiger partial charge in [0, 0.05) is 12.2 Å². The number of thioether (sulfide) groups is 1. The maximum atomic E-state index is 12.6. The molecule has 1 fully saturated rings. The van der Waals surface area contributed by atoms with Crippen LogP contribution in [0.4, 0.5) is 4.79 Å². The number of aliphatic hydroxyl groups is 1. The number of rotatable bonds is 8. The van der Waals surface area contributed by atoms with Gasteiger partial charge < -0.3 is 9.52 Å². The number of nitrogens with zero attached hydrogens (tertiary/aromatic N) is 2. The minimum absolute atomic E-state index is 0.0298. The number of carbonyl (C=O) groups is 2. The highest BCUT2D eigenvalue weighted by Crippen LogP contribution is 2.18. The van der Waals surface area contributed by atoms with Crippen LogP contribution in [-0.4, -0.2) is 40.4 Å². The minimum atomic E-state index is -0.417. The average Bonchev–Trinajstić information content (AvgIpc) is 3.03. The van der Waals surface area contributed by atoms with E-state index >= 15 is 0 Å². The molecule has 1 aromatic heterocycles. The molecule has 140 valence electrons. The normalized spacial score (nSPS) is 15.5. The summed E-state index contributed by atoms with van der Waals surface area (Å²) in [4.78, 5) is 25.0. The number of nitrogens with one attached hydrogen (secondary N) is 1. The van der Waals surface area contributed by atoms with Gasteiger partial charge in [-0.05, 0) is 47.8 Å². The van der Waals surface area contributed by atoms with E-state index in [1.165, 1.54) is 18.2 Å². The van der Waals surface area contributed by atoms with Gasteiger partial charge in [0.25, 0.3) is 5.22 Å². The summed E-state index contributed by atoms with van der Waals surface area (Å²) in [6.45, 7) is 4.05. The Kier molecular flexibility index (Phi) is 7.90. The number of aliphatic hydroxyl groups excluding tert-OH is 1. The summed E-state index contributed by atoms with van der Waals surface area (Å²) in [5.74, 6) is 0.523. The van der Waals surface area contributed by atoms with Crippen LogP contribution in [-0.2, 0) is 0 Å². The first-order valence-corrected chi connectivity index (χ1v) is 10.0. The van der Waals surface area contributed by atoms with E-state index in [1.54, 1.807) is 0 Å². The summed E-state index contributed by atoms with van der Waals surface area (Å²) < 4.78 is 6.57. The molecule has 1 saturated carbocycles.